The molecule has 0 heterocycles. The Labute approximate surface area is 119 Å². The Bertz CT molecular complexity index is 688. The monoisotopic (exact) mass is 266 g/mol. The molecule has 0 radical (unpaired) electrons. The van der Waals surface area contributed by atoms with E-state index >= 15 is 0 Å². The van der Waals surface area contributed by atoms with E-state index < -0.39 is 0 Å². The number of rotatable bonds is 3. The molecule has 2 rings (SSSR count). The van der Waals surface area contributed by atoms with Gasteiger partial charge in [0.1, 0.15) is 11.4 Å². The Hall–Kier alpha value is -2.42. The van der Waals surface area contributed by atoms with Crippen molar-refractivity contribution in [2.75, 3.05) is 0 Å². The number of aryl methyl sites for hydroxylation is 3. The van der Waals surface area contributed by atoms with Gasteiger partial charge in [0.05, 0.1) is 5.69 Å². The Morgan fingerprint density at radius 1 is 1.00 bits per heavy atom. The first-order chi connectivity index (χ1) is 9.52. The lowest BCUT2D eigenvalue weighted by molar-refractivity contribution is 0.476. The average molecular weight is 266 g/mol. The van der Waals surface area contributed by atoms with Gasteiger partial charge in [-0.15, -0.1) is 5.11 Å². The molecule has 0 saturated heterocycles. The van der Waals surface area contributed by atoms with Crippen LogP contribution in [-0.4, -0.2) is 5.11 Å². The number of phenolic OH excluding ortho intramolecular Hbond substituents is 1. The summed E-state index contributed by atoms with van der Waals surface area (Å²) in [4.78, 5) is 0. The van der Waals surface area contributed by atoms with Gasteiger partial charge in [-0.05, 0) is 44.0 Å². The van der Waals surface area contributed by atoms with Crippen LogP contribution in [0.5, 0.6) is 5.75 Å². The zero-order valence-corrected chi connectivity index (χ0v) is 12.0. The van der Waals surface area contributed by atoms with E-state index in [1.54, 1.807) is 12.1 Å². The molecule has 0 aliphatic heterocycles. The first-order valence-electron chi connectivity index (χ1n) is 6.47. The first kappa shape index (κ1) is 14.0. The van der Waals surface area contributed by atoms with Gasteiger partial charge in [0, 0.05) is 5.56 Å². The molecule has 1 N–H and O–H groups in total. The third kappa shape index (κ3) is 2.77. The number of nitrogens with zero attached hydrogens (tertiary/aromatic N) is 2. The lowest BCUT2D eigenvalue weighted by atomic mass is 10.1. The van der Waals surface area contributed by atoms with Gasteiger partial charge in [0.15, 0.2) is 0 Å². The van der Waals surface area contributed by atoms with Crippen LogP contribution in [0, 0.1) is 20.8 Å². The molecular formula is C17H18N2O. The molecule has 0 bridgehead atoms. The van der Waals surface area contributed by atoms with Gasteiger partial charge >= 0.3 is 0 Å². The summed E-state index contributed by atoms with van der Waals surface area (Å²) < 4.78 is 0. The topological polar surface area (TPSA) is 45.0 Å². The van der Waals surface area contributed by atoms with Gasteiger partial charge in [0.2, 0.25) is 0 Å². The zero-order valence-electron chi connectivity index (χ0n) is 12.0. The van der Waals surface area contributed by atoms with Gasteiger partial charge < -0.3 is 5.11 Å². The molecule has 0 atom stereocenters. The van der Waals surface area contributed by atoms with Crippen molar-refractivity contribution in [2.24, 2.45) is 10.2 Å². The third-order valence-electron chi connectivity index (χ3n) is 3.23. The number of benzene rings is 2. The largest absolute Gasteiger partial charge is 0.506 e. The van der Waals surface area contributed by atoms with E-state index in [1.807, 2.05) is 39.0 Å². The molecule has 0 aliphatic carbocycles. The minimum absolute atomic E-state index is 0.110. The maximum absolute atomic E-state index is 9.94. The van der Waals surface area contributed by atoms with Crippen LogP contribution in [0.15, 0.2) is 47.1 Å². The van der Waals surface area contributed by atoms with Crippen LogP contribution in [0.1, 0.15) is 22.3 Å². The fourth-order valence-corrected chi connectivity index (χ4v) is 2.08. The molecule has 2 aromatic rings. The van der Waals surface area contributed by atoms with Crippen molar-refractivity contribution in [3.63, 3.8) is 0 Å². The van der Waals surface area contributed by atoms with Crippen molar-refractivity contribution in [2.45, 2.75) is 20.8 Å². The predicted octanol–water partition coefficient (Wildman–Crippen LogP) is 5.38. The Balaban J connectivity index is 2.46. The van der Waals surface area contributed by atoms with Gasteiger partial charge in [-0.25, -0.2) is 0 Å². The third-order valence-corrected chi connectivity index (χ3v) is 3.23. The average Bonchev–Trinajstić information content (AvgIpc) is 2.41. The van der Waals surface area contributed by atoms with E-state index in [0.29, 0.717) is 5.69 Å². The summed E-state index contributed by atoms with van der Waals surface area (Å²) in [5.74, 6) is 0.110. The SMILES string of the molecule is C=Cc1c(C)ccc(O)c1N=Nc1ccc(C)cc1C. The smallest absolute Gasteiger partial charge is 0.143 e. The van der Waals surface area contributed by atoms with Crippen LogP contribution in [-0.2, 0) is 0 Å². The Morgan fingerprint density at radius 3 is 2.40 bits per heavy atom. The number of phenols is 1. The zero-order chi connectivity index (χ0) is 14.7. The Morgan fingerprint density at radius 2 is 1.75 bits per heavy atom. The summed E-state index contributed by atoms with van der Waals surface area (Å²) in [7, 11) is 0. The number of azo groups is 1. The molecule has 0 aliphatic rings. The van der Waals surface area contributed by atoms with Crippen molar-refractivity contribution >= 4 is 17.5 Å². The predicted molar refractivity (Wildman–Crippen MR) is 83.0 cm³/mol. The van der Waals surface area contributed by atoms with Gasteiger partial charge in [-0.3, -0.25) is 0 Å². The minimum Gasteiger partial charge on any atom is -0.506 e. The number of hydrogen-bond donors (Lipinski definition) is 1. The maximum atomic E-state index is 9.94. The summed E-state index contributed by atoms with van der Waals surface area (Å²) in [6.07, 6.45) is 1.69. The molecule has 0 amide bonds. The second kappa shape index (κ2) is 5.70. The molecule has 0 unspecified atom stereocenters. The maximum Gasteiger partial charge on any atom is 0.143 e. The van der Waals surface area contributed by atoms with E-state index in [1.165, 1.54) is 5.56 Å². The lowest BCUT2D eigenvalue weighted by Gasteiger charge is -2.06. The molecule has 0 spiro atoms. The first-order valence-corrected chi connectivity index (χ1v) is 6.47. The molecule has 0 aromatic heterocycles. The van der Waals surface area contributed by atoms with Crippen LogP contribution >= 0.6 is 0 Å². The molecule has 3 heteroatoms. The van der Waals surface area contributed by atoms with Gasteiger partial charge in [-0.2, -0.15) is 5.11 Å². The van der Waals surface area contributed by atoms with Crippen molar-refractivity contribution in [3.05, 3.63) is 59.2 Å². The standard InChI is InChI=1S/C17H18N2O/c1-5-14-12(3)7-9-16(20)17(14)19-18-15-8-6-11(2)10-13(15)4/h5-10,20H,1H2,2-4H3. The van der Waals surface area contributed by atoms with Crippen molar-refractivity contribution < 1.29 is 5.11 Å². The summed E-state index contributed by atoms with van der Waals surface area (Å²) in [6, 6.07) is 9.43. The summed E-state index contributed by atoms with van der Waals surface area (Å²) in [5.41, 5.74) is 5.31. The highest BCUT2D eigenvalue weighted by Crippen LogP contribution is 2.35. The van der Waals surface area contributed by atoms with Crippen LogP contribution in [0.25, 0.3) is 6.08 Å². The summed E-state index contributed by atoms with van der Waals surface area (Å²) in [6.45, 7) is 9.75. The van der Waals surface area contributed by atoms with E-state index in [4.69, 9.17) is 0 Å². The number of aromatic hydroxyl groups is 1. The molecule has 0 saturated carbocycles. The molecule has 0 fully saturated rings. The highest BCUT2D eigenvalue weighted by molar-refractivity contribution is 5.71. The molecule has 20 heavy (non-hydrogen) atoms. The van der Waals surface area contributed by atoms with E-state index in [9.17, 15) is 5.11 Å². The number of hydrogen-bond acceptors (Lipinski definition) is 3. The van der Waals surface area contributed by atoms with Crippen LogP contribution in [0.4, 0.5) is 11.4 Å². The van der Waals surface area contributed by atoms with Gasteiger partial charge in [-0.1, -0.05) is 36.4 Å². The fraction of sp³-hybridized carbons (Fsp3) is 0.176. The summed E-state index contributed by atoms with van der Waals surface area (Å²) in [5, 5.41) is 18.4. The highest BCUT2D eigenvalue weighted by Gasteiger charge is 2.08. The van der Waals surface area contributed by atoms with Crippen LogP contribution in [0.3, 0.4) is 0 Å². The molecule has 3 nitrogen and oxygen atoms in total. The van der Waals surface area contributed by atoms with E-state index in [2.05, 4.69) is 22.9 Å². The Kier molecular flexibility index (Phi) is 3.99. The van der Waals surface area contributed by atoms with Gasteiger partial charge in [0.25, 0.3) is 0 Å². The quantitative estimate of drug-likeness (QED) is 0.745. The second-order valence-electron chi connectivity index (χ2n) is 4.86. The normalized spacial score (nSPS) is 10.9. The highest BCUT2D eigenvalue weighted by atomic mass is 16.3. The fourth-order valence-electron chi connectivity index (χ4n) is 2.08. The lowest BCUT2D eigenvalue weighted by Crippen LogP contribution is -1.82. The molecule has 2 aromatic carbocycles. The van der Waals surface area contributed by atoms with Crippen LogP contribution in [0.2, 0.25) is 0 Å². The van der Waals surface area contributed by atoms with Crippen molar-refractivity contribution in [3.8, 4) is 5.75 Å². The van der Waals surface area contributed by atoms with E-state index in [-0.39, 0.29) is 5.75 Å². The van der Waals surface area contributed by atoms with Crippen molar-refractivity contribution in [1.29, 1.82) is 0 Å². The molecular weight excluding hydrogens is 248 g/mol. The second-order valence-corrected chi connectivity index (χ2v) is 4.86. The van der Waals surface area contributed by atoms with E-state index in [0.717, 1.165) is 22.4 Å². The van der Waals surface area contributed by atoms with Crippen molar-refractivity contribution in [1.82, 2.24) is 0 Å². The molecule has 102 valence electrons. The summed E-state index contributed by atoms with van der Waals surface area (Å²) >= 11 is 0. The minimum atomic E-state index is 0.110. The van der Waals surface area contributed by atoms with Crippen LogP contribution < -0.4 is 0 Å².